The van der Waals surface area contributed by atoms with Crippen LogP contribution >= 0.6 is 11.3 Å². The Morgan fingerprint density at radius 1 is 1.30 bits per heavy atom. The largest absolute Gasteiger partial charge is 0.469 e. The number of esters is 1. The molecule has 0 bridgehead atoms. The molecule has 118 valence electrons. The summed E-state index contributed by atoms with van der Waals surface area (Å²) in [5.74, 6) is -0.346. The highest BCUT2D eigenvalue weighted by atomic mass is 32.1. The highest BCUT2D eigenvalue weighted by Crippen LogP contribution is 2.30. The van der Waals surface area contributed by atoms with Crippen LogP contribution < -0.4 is 5.56 Å². The monoisotopic (exact) mass is 328 g/mol. The fourth-order valence-corrected chi connectivity index (χ4v) is 3.29. The first-order valence-corrected chi connectivity index (χ1v) is 8.08. The number of hydrogen-bond donors (Lipinski definition) is 0. The first-order chi connectivity index (χ1) is 11.1. The van der Waals surface area contributed by atoms with Crippen LogP contribution in [0.1, 0.15) is 12.0 Å². The second-order valence-electron chi connectivity index (χ2n) is 5.26. The zero-order chi connectivity index (χ0) is 16.4. The van der Waals surface area contributed by atoms with Crippen molar-refractivity contribution in [2.45, 2.75) is 19.9 Å². The normalized spacial score (nSPS) is 10.9. The summed E-state index contributed by atoms with van der Waals surface area (Å²) in [4.78, 5) is 29.1. The quantitative estimate of drug-likeness (QED) is 0.691. The van der Waals surface area contributed by atoms with E-state index in [4.69, 9.17) is 0 Å². The molecule has 2 aromatic heterocycles. The fraction of sp³-hybridized carbons (Fsp3) is 0.235. The first kappa shape index (κ1) is 15.4. The molecular weight excluding hydrogens is 312 g/mol. The number of carbonyl (C=O) groups excluding carboxylic acids is 1. The SMILES string of the molecule is COC(=O)CCn1cnc2scc(-c3ccc(C)cc3)c2c1=O. The van der Waals surface area contributed by atoms with Crippen molar-refractivity contribution in [1.82, 2.24) is 9.55 Å². The number of hydrogen-bond acceptors (Lipinski definition) is 5. The minimum Gasteiger partial charge on any atom is -0.469 e. The molecule has 0 amide bonds. The molecule has 3 rings (SSSR count). The van der Waals surface area contributed by atoms with Crippen molar-refractivity contribution in [3.05, 3.63) is 51.9 Å². The molecule has 6 heteroatoms. The molecule has 23 heavy (non-hydrogen) atoms. The van der Waals surface area contributed by atoms with Gasteiger partial charge in [0.2, 0.25) is 0 Å². The number of rotatable bonds is 4. The summed E-state index contributed by atoms with van der Waals surface area (Å²) in [5.41, 5.74) is 2.92. The van der Waals surface area contributed by atoms with Crippen molar-refractivity contribution in [2.24, 2.45) is 0 Å². The van der Waals surface area contributed by atoms with Crippen LogP contribution in [0.5, 0.6) is 0 Å². The van der Waals surface area contributed by atoms with Gasteiger partial charge in [-0.15, -0.1) is 11.3 Å². The second kappa shape index (κ2) is 6.34. The number of thiophene rings is 1. The van der Waals surface area contributed by atoms with Crippen molar-refractivity contribution in [3.8, 4) is 11.1 Å². The zero-order valence-corrected chi connectivity index (χ0v) is 13.7. The van der Waals surface area contributed by atoms with Gasteiger partial charge in [-0.25, -0.2) is 4.98 Å². The number of nitrogens with zero attached hydrogens (tertiary/aromatic N) is 2. The van der Waals surface area contributed by atoms with Crippen molar-refractivity contribution < 1.29 is 9.53 Å². The lowest BCUT2D eigenvalue weighted by Crippen LogP contribution is -2.22. The number of methoxy groups -OCH3 is 1. The van der Waals surface area contributed by atoms with Crippen molar-refractivity contribution in [3.63, 3.8) is 0 Å². The third kappa shape index (κ3) is 3.03. The van der Waals surface area contributed by atoms with Gasteiger partial charge in [0.1, 0.15) is 4.83 Å². The van der Waals surface area contributed by atoms with Gasteiger partial charge >= 0.3 is 5.97 Å². The molecule has 0 saturated heterocycles. The van der Waals surface area contributed by atoms with Crippen LogP contribution in [0.2, 0.25) is 0 Å². The Balaban J connectivity index is 2.05. The van der Waals surface area contributed by atoms with Crippen molar-refractivity contribution >= 4 is 27.5 Å². The summed E-state index contributed by atoms with van der Waals surface area (Å²) in [6, 6.07) is 8.04. The number of aryl methyl sites for hydroxylation is 2. The maximum absolute atomic E-state index is 12.7. The third-order valence-corrected chi connectivity index (χ3v) is 4.59. The van der Waals surface area contributed by atoms with E-state index in [1.54, 1.807) is 0 Å². The zero-order valence-electron chi connectivity index (χ0n) is 12.9. The van der Waals surface area contributed by atoms with Crippen LogP contribution in [0.25, 0.3) is 21.3 Å². The summed E-state index contributed by atoms with van der Waals surface area (Å²) in [6.45, 7) is 2.29. The van der Waals surface area contributed by atoms with Gasteiger partial charge in [-0.2, -0.15) is 0 Å². The molecule has 0 spiro atoms. The Kier molecular flexibility index (Phi) is 4.25. The van der Waals surface area contributed by atoms with Gasteiger partial charge in [-0.3, -0.25) is 14.2 Å². The average Bonchev–Trinajstić information content (AvgIpc) is 2.99. The van der Waals surface area contributed by atoms with Crippen molar-refractivity contribution in [1.29, 1.82) is 0 Å². The number of aromatic nitrogens is 2. The minimum atomic E-state index is -0.346. The number of ether oxygens (including phenoxy) is 1. The number of fused-ring (bicyclic) bond motifs is 1. The summed E-state index contributed by atoms with van der Waals surface area (Å²) < 4.78 is 6.08. The summed E-state index contributed by atoms with van der Waals surface area (Å²) in [5, 5.41) is 2.56. The molecule has 2 heterocycles. The topological polar surface area (TPSA) is 61.2 Å². The highest BCUT2D eigenvalue weighted by Gasteiger charge is 2.13. The van der Waals surface area contributed by atoms with Crippen LogP contribution in [-0.4, -0.2) is 22.6 Å². The summed E-state index contributed by atoms with van der Waals surface area (Å²) in [6.07, 6.45) is 1.64. The summed E-state index contributed by atoms with van der Waals surface area (Å²) in [7, 11) is 1.33. The maximum atomic E-state index is 12.7. The lowest BCUT2D eigenvalue weighted by atomic mass is 10.1. The lowest BCUT2D eigenvalue weighted by molar-refractivity contribution is -0.140. The van der Waals surface area contributed by atoms with E-state index in [2.05, 4.69) is 9.72 Å². The molecule has 0 fully saturated rings. The Morgan fingerprint density at radius 3 is 2.74 bits per heavy atom. The van der Waals surface area contributed by atoms with Gasteiger partial charge in [-0.05, 0) is 12.5 Å². The minimum absolute atomic E-state index is 0.129. The average molecular weight is 328 g/mol. The van der Waals surface area contributed by atoms with E-state index in [9.17, 15) is 9.59 Å². The summed E-state index contributed by atoms with van der Waals surface area (Å²) >= 11 is 1.45. The molecule has 0 radical (unpaired) electrons. The molecule has 0 atom stereocenters. The van der Waals surface area contributed by atoms with E-state index in [1.165, 1.54) is 34.9 Å². The molecule has 0 aliphatic heterocycles. The Morgan fingerprint density at radius 2 is 2.04 bits per heavy atom. The number of benzene rings is 1. The maximum Gasteiger partial charge on any atom is 0.307 e. The van der Waals surface area contributed by atoms with Gasteiger partial charge in [0.25, 0.3) is 5.56 Å². The Bertz CT molecular complexity index is 910. The van der Waals surface area contributed by atoms with Gasteiger partial charge in [0.05, 0.1) is 25.2 Å². The van der Waals surface area contributed by atoms with E-state index in [-0.39, 0.29) is 24.5 Å². The molecule has 0 aliphatic rings. The second-order valence-corrected chi connectivity index (χ2v) is 6.12. The Labute approximate surface area is 137 Å². The molecule has 0 aliphatic carbocycles. The number of carbonyl (C=O) groups is 1. The van der Waals surface area contributed by atoms with E-state index in [0.717, 1.165) is 11.1 Å². The van der Waals surface area contributed by atoms with E-state index >= 15 is 0 Å². The van der Waals surface area contributed by atoms with Gasteiger partial charge in [0.15, 0.2) is 0 Å². The molecule has 0 unspecified atom stereocenters. The predicted octanol–water partition coefficient (Wildman–Crippen LogP) is 3.00. The van der Waals surface area contributed by atoms with Crippen LogP contribution in [0.4, 0.5) is 0 Å². The van der Waals surface area contributed by atoms with Crippen LogP contribution in [0.15, 0.2) is 40.8 Å². The Hall–Kier alpha value is -2.47. The molecule has 5 nitrogen and oxygen atoms in total. The van der Waals surface area contributed by atoms with Crippen LogP contribution in [0.3, 0.4) is 0 Å². The lowest BCUT2D eigenvalue weighted by Gasteiger charge is -2.05. The van der Waals surface area contributed by atoms with Crippen LogP contribution in [0, 0.1) is 6.92 Å². The predicted molar refractivity (Wildman–Crippen MR) is 90.7 cm³/mol. The molecular formula is C17H16N2O3S. The van der Waals surface area contributed by atoms with Crippen LogP contribution in [-0.2, 0) is 16.1 Å². The van der Waals surface area contributed by atoms with E-state index in [0.29, 0.717) is 10.2 Å². The van der Waals surface area contributed by atoms with Gasteiger partial charge < -0.3 is 4.74 Å². The van der Waals surface area contributed by atoms with Gasteiger partial charge in [0, 0.05) is 17.5 Å². The first-order valence-electron chi connectivity index (χ1n) is 7.20. The highest BCUT2D eigenvalue weighted by molar-refractivity contribution is 7.17. The molecule has 0 saturated carbocycles. The van der Waals surface area contributed by atoms with E-state index < -0.39 is 0 Å². The smallest absolute Gasteiger partial charge is 0.307 e. The van der Waals surface area contributed by atoms with Crippen molar-refractivity contribution in [2.75, 3.05) is 7.11 Å². The standard InChI is InChI=1S/C17H16N2O3S/c1-11-3-5-12(6-4-11)13-9-23-16-15(13)17(21)19(10-18-16)8-7-14(20)22-2/h3-6,9-10H,7-8H2,1-2H3. The third-order valence-electron chi connectivity index (χ3n) is 3.71. The molecule has 0 N–H and O–H groups in total. The van der Waals surface area contributed by atoms with Gasteiger partial charge in [-0.1, -0.05) is 29.8 Å². The molecule has 1 aromatic carbocycles. The molecule has 3 aromatic rings. The van der Waals surface area contributed by atoms with E-state index in [1.807, 2.05) is 36.6 Å². The fourth-order valence-electron chi connectivity index (χ4n) is 2.39.